The summed E-state index contributed by atoms with van der Waals surface area (Å²) < 4.78 is 0. The monoisotopic (exact) mass is 192 g/mol. The van der Waals surface area contributed by atoms with Crippen molar-refractivity contribution >= 4 is 5.97 Å². The summed E-state index contributed by atoms with van der Waals surface area (Å²) in [7, 11) is 0. The zero-order valence-corrected chi connectivity index (χ0v) is 8.66. The van der Waals surface area contributed by atoms with Gasteiger partial charge in [0.15, 0.2) is 0 Å². The second-order valence-electron chi connectivity index (χ2n) is 4.14. The number of aliphatic carboxylic acids is 1. The molecule has 2 nitrogen and oxygen atoms in total. The Kier molecular flexibility index (Phi) is 2.65. The van der Waals surface area contributed by atoms with Gasteiger partial charge in [0.1, 0.15) is 5.41 Å². The fourth-order valence-corrected chi connectivity index (χ4v) is 1.66. The van der Waals surface area contributed by atoms with Crippen molar-refractivity contribution in [3.63, 3.8) is 0 Å². The van der Waals surface area contributed by atoms with E-state index in [0.29, 0.717) is 0 Å². The SMILES string of the molecule is C=CC(C)(C)C1(C(=O)O)C=CCC=C1. The first-order chi connectivity index (χ1) is 6.46. The van der Waals surface area contributed by atoms with Crippen LogP contribution < -0.4 is 0 Å². The molecular formula is C12H16O2. The highest BCUT2D eigenvalue weighted by atomic mass is 16.4. The molecule has 76 valence electrons. The molecule has 1 aliphatic rings. The molecule has 0 aromatic carbocycles. The van der Waals surface area contributed by atoms with Crippen LogP contribution in [0.15, 0.2) is 37.0 Å². The molecule has 0 atom stereocenters. The lowest BCUT2D eigenvalue weighted by atomic mass is 9.64. The van der Waals surface area contributed by atoms with Crippen molar-refractivity contribution in [2.75, 3.05) is 0 Å². The van der Waals surface area contributed by atoms with Gasteiger partial charge in [-0.05, 0) is 6.42 Å². The molecule has 0 radical (unpaired) electrons. The zero-order valence-electron chi connectivity index (χ0n) is 8.66. The normalized spacial score (nSPS) is 19.3. The van der Waals surface area contributed by atoms with E-state index < -0.39 is 16.8 Å². The highest BCUT2D eigenvalue weighted by Crippen LogP contribution is 2.44. The van der Waals surface area contributed by atoms with Crippen molar-refractivity contribution < 1.29 is 9.90 Å². The molecule has 0 unspecified atom stereocenters. The van der Waals surface area contributed by atoms with E-state index in [-0.39, 0.29) is 0 Å². The van der Waals surface area contributed by atoms with Crippen molar-refractivity contribution in [1.29, 1.82) is 0 Å². The Morgan fingerprint density at radius 1 is 1.50 bits per heavy atom. The zero-order chi connectivity index (χ0) is 10.8. The minimum atomic E-state index is -0.937. The second-order valence-corrected chi connectivity index (χ2v) is 4.14. The van der Waals surface area contributed by atoms with Crippen LogP contribution in [-0.2, 0) is 4.79 Å². The van der Waals surface area contributed by atoms with Crippen LogP contribution in [0.2, 0.25) is 0 Å². The summed E-state index contributed by atoms with van der Waals surface area (Å²) in [6.07, 6.45) is 9.80. The second kappa shape index (κ2) is 3.45. The lowest BCUT2D eigenvalue weighted by Crippen LogP contribution is -2.41. The van der Waals surface area contributed by atoms with Gasteiger partial charge in [0.25, 0.3) is 0 Å². The molecule has 0 saturated carbocycles. The van der Waals surface area contributed by atoms with Crippen LogP contribution in [-0.4, -0.2) is 11.1 Å². The number of hydrogen-bond donors (Lipinski definition) is 1. The Hall–Kier alpha value is -1.31. The first-order valence-electron chi connectivity index (χ1n) is 4.69. The standard InChI is InChI=1S/C12H16O2/c1-4-11(2,3)12(10(13)14)8-6-5-7-9-12/h4,6-9H,1,5H2,2-3H3,(H,13,14). The van der Waals surface area contributed by atoms with Crippen molar-refractivity contribution in [2.45, 2.75) is 20.3 Å². The molecule has 0 bridgehead atoms. The van der Waals surface area contributed by atoms with Gasteiger partial charge in [0.05, 0.1) is 0 Å². The Morgan fingerprint density at radius 2 is 2.00 bits per heavy atom. The van der Waals surface area contributed by atoms with Gasteiger partial charge in [-0.2, -0.15) is 0 Å². The van der Waals surface area contributed by atoms with Crippen LogP contribution >= 0.6 is 0 Å². The van der Waals surface area contributed by atoms with Crippen LogP contribution in [0.4, 0.5) is 0 Å². The lowest BCUT2D eigenvalue weighted by molar-refractivity contribution is -0.147. The van der Waals surface area contributed by atoms with Gasteiger partial charge in [-0.25, -0.2) is 0 Å². The minimum absolute atomic E-state index is 0.480. The first kappa shape index (κ1) is 10.8. The van der Waals surface area contributed by atoms with Crippen molar-refractivity contribution in [3.05, 3.63) is 37.0 Å². The summed E-state index contributed by atoms with van der Waals surface area (Å²) in [6, 6.07) is 0. The number of hydrogen-bond acceptors (Lipinski definition) is 1. The summed E-state index contributed by atoms with van der Waals surface area (Å²) in [5.41, 5.74) is -1.42. The molecule has 0 spiro atoms. The molecule has 0 amide bonds. The van der Waals surface area contributed by atoms with Crippen LogP contribution in [0.3, 0.4) is 0 Å². The van der Waals surface area contributed by atoms with E-state index in [9.17, 15) is 9.90 Å². The molecular weight excluding hydrogens is 176 g/mol. The summed E-state index contributed by atoms with van der Waals surface area (Å²) in [5.74, 6) is -0.824. The third kappa shape index (κ3) is 1.41. The highest BCUT2D eigenvalue weighted by Gasteiger charge is 2.46. The smallest absolute Gasteiger partial charge is 0.318 e. The van der Waals surface area contributed by atoms with Gasteiger partial charge in [0, 0.05) is 5.41 Å². The molecule has 1 aliphatic carbocycles. The van der Waals surface area contributed by atoms with E-state index in [0.717, 1.165) is 6.42 Å². The van der Waals surface area contributed by atoms with Crippen LogP contribution in [0.5, 0.6) is 0 Å². The Bertz CT molecular complexity index is 296. The number of carbonyl (C=O) groups is 1. The van der Waals surface area contributed by atoms with Crippen molar-refractivity contribution in [2.24, 2.45) is 10.8 Å². The van der Waals surface area contributed by atoms with Gasteiger partial charge in [-0.3, -0.25) is 4.79 Å². The van der Waals surface area contributed by atoms with E-state index >= 15 is 0 Å². The third-order valence-electron chi connectivity index (χ3n) is 2.96. The van der Waals surface area contributed by atoms with E-state index in [4.69, 9.17) is 0 Å². The molecule has 0 aromatic heterocycles. The third-order valence-corrected chi connectivity index (χ3v) is 2.96. The van der Waals surface area contributed by atoms with Crippen LogP contribution in [0.25, 0.3) is 0 Å². The minimum Gasteiger partial charge on any atom is -0.480 e. The van der Waals surface area contributed by atoms with Crippen molar-refractivity contribution in [3.8, 4) is 0 Å². The molecule has 2 heteroatoms. The predicted octanol–water partition coefficient (Wildman–Crippen LogP) is 2.79. The number of allylic oxidation sites excluding steroid dienone is 3. The van der Waals surface area contributed by atoms with Gasteiger partial charge in [-0.15, -0.1) is 6.58 Å². The lowest BCUT2D eigenvalue weighted by Gasteiger charge is -2.38. The Labute approximate surface area is 84.6 Å². The topological polar surface area (TPSA) is 37.3 Å². The number of rotatable bonds is 3. The summed E-state index contributed by atoms with van der Waals surface area (Å²) in [5, 5.41) is 9.31. The highest BCUT2D eigenvalue weighted by molar-refractivity contribution is 5.81. The largest absolute Gasteiger partial charge is 0.480 e. The van der Waals surface area contributed by atoms with E-state index in [1.165, 1.54) is 0 Å². The first-order valence-corrected chi connectivity index (χ1v) is 4.69. The quantitative estimate of drug-likeness (QED) is 0.698. The maximum atomic E-state index is 11.3. The number of carboxylic acids is 1. The average molecular weight is 192 g/mol. The molecule has 0 aromatic rings. The summed E-state index contributed by atoms with van der Waals surface area (Å²) in [6.45, 7) is 7.47. The van der Waals surface area contributed by atoms with Gasteiger partial charge >= 0.3 is 5.97 Å². The fourth-order valence-electron chi connectivity index (χ4n) is 1.66. The van der Waals surface area contributed by atoms with Gasteiger partial charge in [0.2, 0.25) is 0 Å². The average Bonchev–Trinajstić information content (AvgIpc) is 2.18. The predicted molar refractivity (Wildman–Crippen MR) is 56.9 cm³/mol. The fraction of sp³-hybridized carbons (Fsp3) is 0.417. The van der Waals surface area contributed by atoms with Gasteiger partial charge < -0.3 is 5.11 Å². The number of carboxylic acid groups (broad SMARTS) is 1. The molecule has 0 aliphatic heterocycles. The summed E-state index contributed by atoms with van der Waals surface area (Å²) >= 11 is 0. The van der Waals surface area contributed by atoms with Gasteiger partial charge in [-0.1, -0.05) is 44.2 Å². The van der Waals surface area contributed by atoms with E-state index in [2.05, 4.69) is 6.58 Å². The van der Waals surface area contributed by atoms with Crippen LogP contribution in [0, 0.1) is 10.8 Å². The Balaban J connectivity index is 3.24. The molecule has 14 heavy (non-hydrogen) atoms. The molecule has 0 saturated heterocycles. The van der Waals surface area contributed by atoms with Crippen LogP contribution in [0.1, 0.15) is 20.3 Å². The maximum Gasteiger partial charge on any atom is 0.318 e. The maximum absolute atomic E-state index is 11.3. The molecule has 1 N–H and O–H groups in total. The summed E-state index contributed by atoms with van der Waals surface area (Å²) in [4.78, 5) is 11.3. The molecule has 0 heterocycles. The molecule has 1 rings (SSSR count). The van der Waals surface area contributed by atoms with Crippen molar-refractivity contribution in [1.82, 2.24) is 0 Å². The van der Waals surface area contributed by atoms with E-state index in [1.54, 1.807) is 18.2 Å². The Morgan fingerprint density at radius 3 is 2.36 bits per heavy atom. The molecule has 0 fully saturated rings. The van der Waals surface area contributed by atoms with E-state index in [1.807, 2.05) is 26.0 Å².